The van der Waals surface area contributed by atoms with E-state index in [1.807, 2.05) is 0 Å². The van der Waals surface area contributed by atoms with Crippen LogP contribution in [0.5, 0.6) is 0 Å². The maximum atomic E-state index is 13.0. The molecule has 0 aliphatic carbocycles. The quantitative estimate of drug-likeness (QED) is 0.301. The molecule has 0 radical (unpaired) electrons. The first kappa shape index (κ1) is 22.3. The van der Waals surface area contributed by atoms with E-state index < -0.39 is 33.4 Å². The second kappa shape index (κ2) is 8.01. The van der Waals surface area contributed by atoms with E-state index in [1.165, 1.54) is 43.4 Å². The van der Waals surface area contributed by atoms with Crippen LogP contribution in [0.25, 0.3) is 0 Å². The number of azo groups is 1. The van der Waals surface area contributed by atoms with Crippen LogP contribution in [0.15, 0.2) is 58.8 Å². The molecule has 1 amide bonds. The third kappa shape index (κ3) is 4.21. The molecule has 0 aromatic heterocycles. The van der Waals surface area contributed by atoms with Crippen molar-refractivity contribution in [2.75, 3.05) is 17.1 Å². The van der Waals surface area contributed by atoms with Crippen LogP contribution in [0.4, 0.5) is 11.4 Å². The Balaban J connectivity index is 2.18. The lowest BCUT2D eigenvalue weighted by Crippen LogP contribution is -2.43. The first-order chi connectivity index (χ1) is 13.9. The number of rotatable bonds is 5. The Bertz CT molecular complexity index is 1100. The summed E-state index contributed by atoms with van der Waals surface area (Å²) in [7, 11) is -7.96. The molecular weight excluding hydrogens is 438 g/mol. The predicted octanol–water partition coefficient (Wildman–Crippen LogP) is -0.170. The first-order valence-electron chi connectivity index (χ1n) is 8.37. The third-order valence-electron chi connectivity index (χ3n) is 4.29. The van der Waals surface area contributed by atoms with Gasteiger partial charge in [0.2, 0.25) is 0 Å². The molecule has 14 heteroatoms. The fourth-order valence-electron chi connectivity index (χ4n) is 2.99. The van der Waals surface area contributed by atoms with Crippen molar-refractivity contribution in [1.82, 2.24) is 0 Å². The molecule has 2 aromatic carbocycles. The lowest BCUT2D eigenvalue weighted by Gasteiger charge is -2.32. The van der Waals surface area contributed by atoms with Gasteiger partial charge in [0, 0.05) is 7.05 Å². The number of anilines is 2. The van der Waals surface area contributed by atoms with E-state index in [9.17, 15) is 38.6 Å². The van der Waals surface area contributed by atoms with Gasteiger partial charge < -0.3 is 24.7 Å². The van der Waals surface area contributed by atoms with Gasteiger partial charge in [-0.15, -0.1) is 0 Å². The largest absolute Gasteiger partial charge is 0.369 e. The Morgan fingerprint density at radius 3 is 1.90 bits per heavy atom. The van der Waals surface area contributed by atoms with E-state index in [1.54, 1.807) is 0 Å². The highest BCUT2D eigenvalue weighted by atomic mass is 31.2. The molecule has 0 bridgehead atoms. The predicted molar refractivity (Wildman–Crippen MR) is 107 cm³/mol. The number of amides is 1. The van der Waals surface area contributed by atoms with Crippen molar-refractivity contribution in [1.29, 1.82) is 0 Å². The first-order valence-corrected chi connectivity index (χ1v) is 11.6. The molecule has 2 aromatic rings. The minimum absolute atomic E-state index is 0.00950. The third-order valence-corrected chi connectivity index (χ3v) is 6.19. The number of nitrogens with zero attached hydrogens (tertiary/aromatic N) is 4. The number of benzene rings is 2. The number of hydrogen-bond donors (Lipinski definition) is 5. The van der Waals surface area contributed by atoms with Gasteiger partial charge in [0.15, 0.2) is 12.3 Å². The van der Waals surface area contributed by atoms with Crippen molar-refractivity contribution in [3.8, 4) is 0 Å². The number of hydrazine groups is 1. The summed E-state index contributed by atoms with van der Waals surface area (Å²) in [6.45, 7) is 0. The summed E-state index contributed by atoms with van der Waals surface area (Å²) < 4.78 is 23.3. The van der Waals surface area contributed by atoms with Crippen LogP contribution in [0.1, 0.15) is 0 Å². The lowest BCUT2D eigenvalue weighted by molar-refractivity contribution is -0.119. The van der Waals surface area contributed by atoms with Crippen LogP contribution < -0.4 is 20.6 Å². The average Bonchev–Trinajstić information content (AvgIpc) is 2.92. The molecule has 5 N–H and O–H groups in total. The molecule has 12 nitrogen and oxygen atoms in total. The summed E-state index contributed by atoms with van der Waals surface area (Å²) in [6.07, 6.45) is -1.59. The second-order valence-electron chi connectivity index (χ2n) is 6.30. The van der Waals surface area contributed by atoms with Gasteiger partial charge >= 0.3 is 15.2 Å². The van der Waals surface area contributed by atoms with Crippen molar-refractivity contribution in [2.24, 2.45) is 10.2 Å². The molecule has 1 aliphatic rings. The van der Waals surface area contributed by atoms with Crippen molar-refractivity contribution in [3.63, 3.8) is 0 Å². The zero-order valence-corrected chi connectivity index (χ0v) is 17.2. The van der Waals surface area contributed by atoms with Crippen LogP contribution in [0.3, 0.4) is 0 Å². The van der Waals surface area contributed by atoms with Gasteiger partial charge in [-0.1, -0.05) is 12.1 Å². The van der Waals surface area contributed by atoms with Gasteiger partial charge in [-0.05, 0) is 36.4 Å². The monoisotopic (exact) mass is 456 g/mol. The van der Waals surface area contributed by atoms with E-state index in [0.29, 0.717) is 0 Å². The Labute approximate surface area is 170 Å². The molecule has 1 aliphatic heterocycles. The van der Waals surface area contributed by atoms with Crippen molar-refractivity contribution in [2.45, 2.75) is 12.3 Å². The van der Waals surface area contributed by atoms with Crippen LogP contribution in [0, 0.1) is 0 Å². The van der Waals surface area contributed by atoms with Crippen LogP contribution >= 0.6 is 15.2 Å². The summed E-state index contributed by atoms with van der Waals surface area (Å²) in [5, 5.41) is 19.2. The summed E-state index contributed by atoms with van der Waals surface area (Å²) >= 11 is 0. The molecule has 30 heavy (non-hydrogen) atoms. The van der Waals surface area contributed by atoms with E-state index in [4.69, 9.17) is 0 Å². The maximum absolute atomic E-state index is 13.0. The van der Waals surface area contributed by atoms with Crippen LogP contribution in [0.2, 0.25) is 0 Å². The molecule has 1 fully saturated rings. The second-order valence-corrected chi connectivity index (χ2v) is 9.51. The normalized spacial score (nSPS) is 20.4. The highest BCUT2D eigenvalue weighted by molar-refractivity contribution is 7.60. The maximum Gasteiger partial charge on any atom is 0.356 e. The zero-order valence-electron chi connectivity index (χ0n) is 15.4. The highest BCUT2D eigenvalue weighted by Gasteiger charge is 2.48. The van der Waals surface area contributed by atoms with Gasteiger partial charge in [-0.2, -0.15) is 10.2 Å². The number of aliphatic hydroxyl groups is 1. The van der Waals surface area contributed by atoms with Gasteiger partial charge in [0.25, 0.3) is 5.91 Å². The molecular formula is C16H18N4O8P2. The van der Waals surface area contributed by atoms with E-state index >= 15 is 0 Å². The van der Waals surface area contributed by atoms with Gasteiger partial charge in [0.1, 0.15) is 0 Å². The highest BCUT2D eigenvalue weighted by Crippen LogP contribution is 2.39. The van der Waals surface area contributed by atoms with E-state index in [2.05, 4.69) is 10.2 Å². The number of carbonyl (C=O) groups excluding carboxylic acids is 1. The lowest BCUT2D eigenvalue weighted by atomic mass is 10.2. The Morgan fingerprint density at radius 2 is 1.40 bits per heavy atom. The summed E-state index contributed by atoms with van der Waals surface area (Å²) in [6, 6.07) is 8.63. The zero-order chi connectivity index (χ0) is 22.3. The molecule has 2 atom stereocenters. The standard InChI is InChI=1S/C16H18N4O8P2/c1-17-18-14-15(21)19(10-4-2-6-12(8-10)29(23,24)25)20(16(14)22)11-5-3-7-13(9-11)30(26,27)28/h2-9,14-15,21H,1H3,(H2,23,24,25)(H2,26,27,28). The Hall–Kier alpha value is -2.43. The Morgan fingerprint density at radius 1 is 0.900 bits per heavy atom. The van der Waals surface area contributed by atoms with Crippen molar-refractivity contribution >= 4 is 43.1 Å². The van der Waals surface area contributed by atoms with Crippen LogP contribution in [-0.4, -0.2) is 49.9 Å². The molecule has 1 heterocycles. The minimum atomic E-state index is -4.63. The van der Waals surface area contributed by atoms with Crippen molar-refractivity contribution in [3.05, 3.63) is 48.5 Å². The molecule has 1 saturated heterocycles. The van der Waals surface area contributed by atoms with Gasteiger partial charge in [0.05, 0.1) is 22.0 Å². The Kier molecular flexibility index (Phi) is 5.94. The van der Waals surface area contributed by atoms with Crippen molar-refractivity contribution < 1.29 is 38.6 Å². The number of aliphatic hydroxyl groups excluding tert-OH is 1. The van der Waals surface area contributed by atoms with E-state index in [0.717, 1.165) is 22.2 Å². The molecule has 2 unspecified atom stereocenters. The number of hydrogen-bond acceptors (Lipinski definition) is 7. The average molecular weight is 456 g/mol. The topological polar surface area (TPSA) is 184 Å². The molecule has 160 valence electrons. The molecule has 0 saturated carbocycles. The fraction of sp³-hybridized carbons (Fsp3) is 0.188. The number of carbonyl (C=O) groups is 1. The minimum Gasteiger partial charge on any atom is -0.369 e. The van der Waals surface area contributed by atoms with E-state index in [-0.39, 0.29) is 22.0 Å². The van der Waals surface area contributed by atoms with Crippen LogP contribution in [-0.2, 0) is 13.9 Å². The summed E-state index contributed by atoms with van der Waals surface area (Å²) in [5.41, 5.74) is 0.0577. The summed E-state index contributed by atoms with van der Waals surface area (Å²) in [4.78, 5) is 50.7. The molecule has 0 spiro atoms. The molecule has 3 rings (SSSR count). The van der Waals surface area contributed by atoms with Gasteiger partial charge in [-0.25, -0.2) is 10.0 Å². The summed E-state index contributed by atoms with van der Waals surface area (Å²) in [5.74, 6) is -0.752. The smallest absolute Gasteiger partial charge is 0.356 e. The SMILES string of the molecule is CN=NC1C(=O)N(c2cccc(P(=O)(O)O)c2)N(c2cccc(P(=O)(O)O)c2)C1O. The fourth-order valence-corrected chi connectivity index (χ4v) is 4.15. The van der Waals surface area contributed by atoms with Gasteiger partial charge in [-0.3, -0.25) is 13.9 Å².